The molecule has 2 heterocycles. The number of hydrogen-bond acceptors (Lipinski definition) is 7. The fourth-order valence-corrected chi connectivity index (χ4v) is 3.24. The lowest BCUT2D eigenvalue weighted by Gasteiger charge is -2.21. The molecule has 0 unspecified atom stereocenters. The Labute approximate surface area is 185 Å². The van der Waals surface area contributed by atoms with Crippen molar-refractivity contribution in [1.82, 2.24) is 14.8 Å². The number of nitrogens with zero attached hydrogens (tertiary/aromatic N) is 4. The number of fused-ring (bicyclic) bond motifs is 1. The Morgan fingerprint density at radius 2 is 1.84 bits per heavy atom. The normalized spacial score (nSPS) is 10.9. The zero-order valence-corrected chi connectivity index (χ0v) is 18.6. The Morgan fingerprint density at radius 1 is 1.12 bits per heavy atom. The van der Waals surface area contributed by atoms with Crippen molar-refractivity contribution in [3.05, 3.63) is 53.9 Å². The summed E-state index contributed by atoms with van der Waals surface area (Å²) in [6, 6.07) is 10.3. The Kier molecular flexibility index (Phi) is 7.19. The molecule has 0 aliphatic rings. The first-order valence-corrected chi connectivity index (χ1v) is 10.3. The van der Waals surface area contributed by atoms with E-state index in [0.717, 1.165) is 0 Å². The van der Waals surface area contributed by atoms with E-state index in [9.17, 15) is 14.4 Å². The summed E-state index contributed by atoms with van der Waals surface area (Å²) in [5.41, 5.74) is 1.99. The van der Waals surface area contributed by atoms with Crippen LogP contribution in [0.15, 0.2) is 42.6 Å². The lowest BCUT2D eigenvalue weighted by atomic mass is 10.1. The number of esters is 2. The molecule has 0 aliphatic carbocycles. The van der Waals surface area contributed by atoms with Gasteiger partial charge in [-0.25, -0.2) is 14.5 Å². The zero-order chi connectivity index (χ0) is 23.3. The average molecular weight is 438 g/mol. The highest BCUT2D eigenvalue weighted by Crippen LogP contribution is 2.22. The minimum Gasteiger partial charge on any atom is -0.465 e. The minimum absolute atomic E-state index is 0.0644. The maximum atomic E-state index is 12.9. The van der Waals surface area contributed by atoms with Gasteiger partial charge in [-0.2, -0.15) is 5.10 Å². The van der Waals surface area contributed by atoms with Crippen molar-refractivity contribution in [2.24, 2.45) is 0 Å². The van der Waals surface area contributed by atoms with Crippen LogP contribution in [0.2, 0.25) is 0 Å². The van der Waals surface area contributed by atoms with Gasteiger partial charge in [-0.05, 0) is 45.9 Å². The zero-order valence-electron chi connectivity index (χ0n) is 18.6. The highest BCUT2D eigenvalue weighted by atomic mass is 16.5. The van der Waals surface area contributed by atoms with Gasteiger partial charge in [0.2, 0.25) is 0 Å². The summed E-state index contributed by atoms with van der Waals surface area (Å²) in [5, 5.41) is 4.86. The number of aryl methyl sites for hydroxylation is 1. The van der Waals surface area contributed by atoms with Gasteiger partial charge in [0.05, 0.1) is 23.8 Å². The predicted octanol–water partition coefficient (Wildman–Crippen LogP) is 3.07. The predicted molar refractivity (Wildman–Crippen MR) is 118 cm³/mol. The average Bonchev–Trinajstić information content (AvgIpc) is 3.19. The molecule has 0 saturated carbocycles. The summed E-state index contributed by atoms with van der Waals surface area (Å²) in [6.07, 6.45) is 1.57. The maximum absolute atomic E-state index is 12.9. The summed E-state index contributed by atoms with van der Waals surface area (Å²) < 4.78 is 12.0. The number of carbonyl (C=O) groups excluding carboxylic acids is 3. The van der Waals surface area contributed by atoms with E-state index in [4.69, 9.17) is 9.47 Å². The Bertz CT molecular complexity index is 1120. The molecule has 168 valence electrons. The minimum atomic E-state index is -0.665. The number of para-hydroxylation sites is 1. The summed E-state index contributed by atoms with van der Waals surface area (Å²) >= 11 is 0. The summed E-state index contributed by atoms with van der Waals surface area (Å²) in [5.74, 6) is -1.76. The first kappa shape index (κ1) is 22.9. The van der Waals surface area contributed by atoms with E-state index >= 15 is 0 Å². The molecule has 0 saturated heterocycles. The summed E-state index contributed by atoms with van der Waals surface area (Å²) in [7, 11) is 0. The van der Waals surface area contributed by atoms with Gasteiger partial charge in [-0.15, -0.1) is 0 Å². The molecular formula is C23H26N4O5. The second-order valence-electron chi connectivity index (χ2n) is 7.43. The van der Waals surface area contributed by atoms with Crippen LogP contribution in [0.1, 0.15) is 42.9 Å². The molecule has 2 aromatic heterocycles. The van der Waals surface area contributed by atoms with Crippen molar-refractivity contribution in [1.29, 1.82) is 0 Å². The third-order valence-corrected chi connectivity index (χ3v) is 4.69. The van der Waals surface area contributed by atoms with Crippen LogP contribution in [-0.4, -0.2) is 52.4 Å². The summed E-state index contributed by atoms with van der Waals surface area (Å²) in [4.78, 5) is 43.4. The number of amides is 1. The van der Waals surface area contributed by atoms with Crippen LogP contribution in [0.3, 0.4) is 0 Å². The van der Waals surface area contributed by atoms with Gasteiger partial charge in [0.1, 0.15) is 6.54 Å². The molecule has 0 N–H and O–H groups in total. The molecule has 32 heavy (non-hydrogen) atoms. The molecule has 1 aromatic carbocycles. The summed E-state index contributed by atoms with van der Waals surface area (Å²) in [6.45, 7) is 6.78. The number of carbonyl (C=O) groups is 3. The molecule has 3 aromatic rings. The molecule has 3 rings (SSSR count). The standard InChI is InChI=1S/C23H26N4O5/c1-5-31-21(29)13-26(17-9-7-6-8-10-17)20(28)14-32-23(30)18-11-16(4)25-22-19(18)12-24-27(22)15(2)3/h6-12,15H,5,13-14H2,1-4H3. The van der Waals surface area contributed by atoms with E-state index in [1.807, 2.05) is 13.8 Å². The lowest BCUT2D eigenvalue weighted by molar-refractivity contribution is -0.142. The highest BCUT2D eigenvalue weighted by molar-refractivity contribution is 6.04. The van der Waals surface area contributed by atoms with Crippen LogP contribution in [0, 0.1) is 6.92 Å². The third-order valence-electron chi connectivity index (χ3n) is 4.69. The molecule has 0 bridgehead atoms. The SMILES string of the molecule is CCOC(=O)CN(C(=O)COC(=O)c1cc(C)nc2c1cnn2C(C)C)c1ccccc1. The fraction of sp³-hybridized carbons (Fsp3) is 0.348. The molecule has 0 radical (unpaired) electrons. The molecule has 1 amide bonds. The molecule has 9 heteroatoms. The first-order chi connectivity index (χ1) is 15.3. The Hall–Kier alpha value is -3.75. The third kappa shape index (κ3) is 5.11. The van der Waals surface area contributed by atoms with Gasteiger partial charge in [-0.3, -0.25) is 14.5 Å². The first-order valence-electron chi connectivity index (χ1n) is 10.3. The number of aromatic nitrogens is 3. The largest absolute Gasteiger partial charge is 0.465 e. The Morgan fingerprint density at radius 3 is 2.50 bits per heavy atom. The fourth-order valence-electron chi connectivity index (χ4n) is 3.24. The van der Waals surface area contributed by atoms with Crippen molar-refractivity contribution < 1.29 is 23.9 Å². The van der Waals surface area contributed by atoms with Gasteiger partial charge in [0.25, 0.3) is 5.91 Å². The molecular weight excluding hydrogens is 412 g/mol. The second kappa shape index (κ2) is 10.0. The number of ether oxygens (including phenoxy) is 2. The van der Waals surface area contributed by atoms with Crippen LogP contribution in [0.5, 0.6) is 0 Å². The van der Waals surface area contributed by atoms with Crippen LogP contribution < -0.4 is 4.90 Å². The number of rotatable bonds is 8. The van der Waals surface area contributed by atoms with Crippen molar-refractivity contribution in [3.63, 3.8) is 0 Å². The quantitative estimate of drug-likeness (QED) is 0.498. The number of benzene rings is 1. The smallest absolute Gasteiger partial charge is 0.339 e. The molecule has 0 fully saturated rings. The second-order valence-corrected chi connectivity index (χ2v) is 7.43. The lowest BCUT2D eigenvalue weighted by Crippen LogP contribution is -2.39. The van der Waals surface area contributed by atoms with E-state index in [2.05, 4.69) is 10.1 Å². The number of anilines is 1. The van der Waals surface area contributed by atoms with Gasteiger partial charge >= 0.3 is 11.9 Å². The van der Waals surface area contributed by atoms with Crippen molar-refractivity contribution >= 4 is 34.6 Å². The van der Waals surface area contributed by atoms with Crippen molar-refractivity contribution in [2.75, 3.05) is 24.7 Å². The van der Waals surface area contributed by atoms with Gasteiger partial charge in [0, 0.05) is 17.4 Å². The number of pyridine rings is 1. The van der Waals surface area contributed by atoms with E-state index < -0.39 is 24.5 Å². The van der Waals surface area contributed by atoms with E-state index in [1.165, 1.54) is 4.90 Å². The number of hydrogen-bond donors (Lipinski definition) is 0. The van der Waals surface area contributed by atoms with Gasteiger partial charge in [0.15, 0.2) is 12.3 Å². The highest BCUT2D eigenvalue weighted by Gasteiger charge is 2.23. The van der Waals surface area contributed by atoms with Crippen molar-refractivity contribution in [3.8, 4) is 0 Å². The van der Waals surface area contributed by atoms with Crippen LogP contribution in [0.25, 0.3) is 11.0 Å². The maximum Gasteiger partial charge on any atom is 0.339 e. The van der Waals surface area contributed by atoms with Crippen LogP contribution in [-0.2, 0) is 19.1 Å². The monoisotopic (exact) mass is 438 g/mol. The van der Waals surface area contributed by atoms with E-state index in [-0.39, 0.29) is 24.8 Å². The topological polar surface area (TPSA) is 104 Å². The van der Waals surface area contributed by atoms with Gasteiger partial charge in [-0.1, -0.05) is 18.2 Å². The molecule has 9 nitrogen and oxygen atoms in total. The van der Waals surface area contributed by atoms with E-state index in [1.54, 1.807) is 61.1 Å². The van der Waals surface area contributed by atoms with Crippen LogP contribution >= 0.6 is 0 Å². The van der Waals surface area contributed by atoms with Gasteiger partial charge < -0.3 is 9.47 Å². The van der Waals surface area contributed by atoms with Crippen LogP contribution in [0.4, 0.5) is 5.69 Å². The molecule has 0 aliphatic heterocycles. The van der Waals surface area contributed by atoms with E-state index in [0.29, 0.717) is 22.4 Å². The Balaban J connectivity index is 1.79. The molecule has 0 spiro atoms. The van der Waals surface area contributed by atoms with Crippen molar-refractivity contribution in [2.45, 2.75) is 33.7 Å². The molecule has 0 atom stereocenters.